The number of anilines is 1. The second-order valence-corrected chi connectivity index (χ2v) is 5.51. The van der Waals surface area contributed by atoms with Gasteiger partial charge in [0.05, 0.1) is 11.0 Å². The fraction of sp³-hybridized carbons (Fsp3) is 0.0769. The number of hydrogen-bond donors (Lipinski definition) is 2. The number of nitrogens with one attached hydrogen (secondary N) is 1. The van der Waals surface area contributed by atoms with Crippen LogP contribution in [0.25, 0.3) is 11.0 Å². The summed E-state index contributed by atoms with van der Waals surface area (Å²) in [5.74, 6) is 1.75. The number of rotatable bonds is 1. The standard InChI is InChI=1S/C13H10IN5O/c14-10-6-5-9(20-10)11-17-12(15)18-13-16-7-3-1-2-4-8(7)19(11)13/h1-6,11H,(H3,15,16,17,18). The van der Waals surface area contributed by atoms with Crippen LogP contribution in [0.3, 0.4) is 0 Å². The number of fused-ring (bicyclic) bond motifs is 3. The Bertz CT molecular complexity index is 834. The molecule has 0 radical (unpaired) electrons. The van der Waals surface area contributed by atoms with Gasteiger partial charge in [-0.05, 0) is 46.9 Å². The predicted octanol–water partition coefficient (Wildman–Crippen LogP) is 2.52. The monoisotopic (exact) mass is 379 g/mol. The van der Waals surface area contributed by atoms with Gasteiger partial charge in [0.25, 0.3) is 0 Å². The highest BCUT2D eigenvalue weighted by Gasteiger charge is 2.27. The van der Waals surface area contributed by atoms with Gasteiger partial charge in [0.15, 0.2) is 21.7 Å². The summed E-state index contributed by atoms with van der Waals surface area (Å²) in [6.45, 7) is 0. The number of aromatic nitrogens is 2. The summed E-state index contributed by atoms with van der Waals surface area (Å²) in [6, 6.07) is 11.7. The number of imidazole rings is 1. The molecule has 20 heavy (non-hydrogen) atoms. The third-order valence-corrected chi connectivity index (χ3v) is 3.77. The first-order chi connectivity index (χ1) is 9.72. The largest absolute Gasteiger partial charge is 0.451 e. The van der Waals surface area contributed by atoms with Gasteiger partial charge in [-0.1, -0.05) is 12.1 Å². The minimum Gasteiger partial charge on any atom is -0.451 e. The maximum absolute atomic E-state index is 5.85. The molecule has 0 saturated carbocycles. The quantitative estimate of drug-likeness (QED) is 0.637. The fourth-order valence-corrected chi connectivity index (χ4v) is 2.81. The summed E-state index contributed by atoms with van der Waals surface area (Å²) >= 11 is 2.13. The van der Waals surface area contributed by atoms with Crippen LogP contribution >= 0.6 is 22.6 Å². The summed E-state index contributed by atoms with van der Waals surface area (Å²) in [5, 5.41) is 2.99. The zero-order valence-corrected chi connectivity index (χ0v) is 12.4. The van der Waals surface area contributed by atoms with Gasteiger partial charge in [0, 0.05) is 0 Å². The van der Waals surface area contributed by atoms with Crippen LogP contribution in [0.1, 0.15) is 11.9 Å². The van der Waals surface area contributed by atoms with Crippen molar-refractivity contribution in [2.45, 2.75) is 6.17 Å². The molecule has 100 valence electrons. The first-order valence-electron chi connectivity index (χ1n) is 6.05. The van der Waals surface area contributed by atoms with Gasteiger partial charge < -0.3 is 10.2 Å². The zero-order chi connectivity index (χ0) is 13.7. The highest BCUT2D eigenvalue weighted by Crippen LogP contribution is 2.33. The maximum Gasteiger partial charge on any atom is 0.212 e. The summed E-state index contributed by atoms with van der Waals surface area (Å²) in [6.07, 6.45) is -0.331. The number of hydrogen-bond acceptors (Lipinski definition) is 5. The third-order valence-electron chi connectivity index (χ3n) is 3.19. The smallest absolute Gasteiger partial charge is 0.212 e. The molecule has 0 spiro atoms. The van der Waals surface area contributed by atoms with Gasteiger partial charge in [-0.25, -0.2) is 9.98 Å². The molecule has 1 aliphatic heterocycles. The SMILES string of the molecule is NC1=NC(c2ccc(I)o2)n2c(nc3ccccc32)N1. The van der Waals surface area contributed by atoms with E-state index < -0.39 is 0 Å². The maximum atomic E-state index is 5.85. The van der Waals surface area contributed by atoms with Crippen molar-refractivity contribution in [3.63, 3.8) is 0 Å². The second-order valence-electron chi connectivity index (χ2n) is 4.45. The van der Waals surface area contributed by atoms with Crippen LogP contribution < -0.4 is 11.1 Å². The number of aliphatic imine (C=N–C) groups is 1. The first-order valence-corrected chi connectivity index (χ1v) is 7.13. The number of furan rings is 1. The molecule has 3 aromatic rings. The van der Waals surface area contributed by atoms with Gasteiger partial charge in [-0.2, -0.15) is 0 Å². The van der Waals surface area contributed by atoms with E-state index >= 15 is 0 Å². The van der Waals surface area contributed by atoms with Crippen molar-refractivity contribution in [2.75, 3.05) is 5.32 Å². The Morgan fingerprint density at radius 3 is 2.90 bits per heavy atom. The highest BCUT2D eigenvalue weighted by molar-refractivity contribution is 14.1. The number of nitrogens with two attached hydrogens (primary N) is 1. The second kappa shape index (κ2) is 4.23. The Kier molecular flexibility index (Phi) is 2.49. The molecule has 1 aromatic carbocycles. The van der Waals surface area contributed by atoms with E-state index in [-0.39, 0.29) is 6.17 Å². The Hall–Kier alpha value is -2.03. The predicted molar refractivity (Wildman–Crippen MR) is 84.5 cm³/mol. The Balaban J connectivity index is 1.98. The number of nitrogens with zero attached hydrogens (tertiary/aromatic N) is 3. The van der Waals surface area contributed by atoms with Crippen molar-refractivity contribution in [1.29, 1.82) is 0 Å². The van der Waals surface area contributed by atoms with E-state index in [4.69, 9.17) is 10.2 Å². The van der Waals surface area contributed by atoms with Crippen molar-refractivity contribution in [3.05, 3.63) is 45.9 Å². The molecule has 1 atom stereocenters. The molecule has 2 aromatic heterocycles. The number of guanidine groups is 1. The van der Waals surface area contributed by atoms with E-state index in [0.717, 1.165) is 20.6 Å². The summed E-state index contributed by atoms with van der Waals surface area (Å²) in [5.41, 5.74) is 7.73. The summed E-state index contributed by atoms with van der Waals surface area (Å²) < 4.78 is 8.50. The molecular weight excluding hydrogens is 369 g/mol. The van der Waals surface area contributed by atoms with E-state index in [1.54, 1.807) is 0 Å². The third kappa shape index (κ3) is 1.69. The Morgan fingerprint density at radius 1 is 1.25 bits per heavy atom. The molecule has 6 nitrogen and oxygen atoms in total. The van der Waals surface area contributed by atoms with Crippen molar-refractivity contribution < 1.29 is 4.42 Å². The molecule has 0 amide bonds. The first kappa shape index (κ1) is 11.8. The molecule has 0 bridgehead atoms. The van der Waals surface area contributed by atoms with Crippen LogP contribution in [-0.2, 0) is 0 Å². The van der Waals surface area contributed by atoms with Crippen molar-refractivity contribution >= 4 is 45.5 Å². The molecule has 1 unspecified atom stereocenters. The average Bonchev–Trinajstić information content (AvgIpc) is 3.00. The molecule has 0 saturated heterocycles. The topological polar surface area (TPSA) is 81.4 Å². The van der Waals surface area contributed by atoms with Gasteiger partial charge in [-0.15, -0.1) is 0 Å². The molecule has 7 heteroatoms. The van der Waals surface area contributed by atoms with Gasteiger partial charge in [0.1, 0.15) is 0 Å². The van der Waals surface area contributed by atoms with Crippen LogP contribution in [0.5, 0.6) is 0 Å². The van der Waals surface area contributed by atoms with Gasteiger partial charge in [-0.3, -0.25) is 9.88 Å². The lowest BCUT2D eigenvalue weighted by Crippen LogP contribution is -2.31. The lowest BCUT2D eigenvalue weighted by molar-refractivity contribution is 0.425. The number of benzene rings is 1. The lowest BCUT2D eigenvalue weighted by atomic mass is 10.3. The summed E-state index contributed by atoms with van der Waals surface area (Å²) in [7, 11) is 0. The molecule has 0 fully saturated rings. The van der Waals surface area contributed by atoms with E-state index in [1.807, 2.05) is 41.0 Å². The van der Waals surface area contributed by atoms with Crippen molar-refractivity contribution in [2.24, 2.45) is 10.7 Å². The van der Waals surface area contributed by atoms with E-state index in [9.17, 15) is 0 Å². The van der Waals surface area contributed by atoms with Crippen molar-refractivity contribution in [3.8, 4) is 0 Å². The van der Waals surface area contributed by atoms with E-state index in [2.05, 4.69) is 37.9 Å². The number of halogens is 1. The molecule has 1 aliphatic rings. The van der Waals surface area contributed by atoms with E-state index in [0.29, 0.717) is 11.9 Å². The van der Waals surface area contributed by atoms with Crippen LogP contribution in [0.4, 0.5) is 5.95 Å². The van der Waals surface area contributed by atoms with Crippen LogP contribution in [0.15, 0.2) is 45.8 Å². The van der Waals surface area contributed by atoms with Crippen LogP contribution in [-0.4, -0.2) is 15.5 Å². The Morgan fingerprint density at radius 2 is 2.10 bits per heavy atom. The minimum absolute atomic E-state index is 0.331. The molecular formula is C13H10IN5O. The summed E-state index contributed by atoms with van der Waals surface area (Å²) in [4.78, 5) is 8.97. The fourth-order valence-electron chi connectivity index (χ4n) is 2.37. The molecule has 3 heterocycles. The number of para-hydroxylation sites is 2. The van der Waals surface area contributed by atoms with Crippen LogP contribution in [0, 0.1) is 3.77 Å². The van der Waals surface area contributed by atoms with Gasteiger partial charge in [0.2, 0.25) is 5.95 Å². The molecule has 0 aliphatic carbocycles. The Labute approximate surface area is 127 Å². The van der Waals surface area contributed by atoms with Gasteiger partial charge >= 0.3 is 0 Å². The lowest BCUT2D eigenvalue weighted by Gasteiger charge is -2.21. The molecule has 4 rings (SSSR count). The van der Waals surface area contributed by atoms with Crippen molar-refractivity contribution in [1.82, 2.24) is 9.55 Å². The highest BCUT2D eigenvalue weighted by atomic mass is 127. The zero-order valence-electron chi connectivity index (χ0n) is 10.2. The molecule has 3 N–H and O–H groups in total. The normalized spacial score (nSPS) is 17.6. The average molecular weight is 379 g/mol. The van der Waals surface area contributed by atoms with E-state index in [1.165, 1.54) is 0 Å². The minimum atomic E-state index is -0.331. The van der Waals surface area contributed by atoms with Crippen LogP contribution in [0.2, 0.25) is 0 Å².